The number of thiophene rings is 1. The van der Waals surface area contributed by atoms with Crippen LogP contribution in [-0.4, -0.2) is 54.2 Å². The van der Waals surface area contributed by atoms with Crippen LogP contribution in [0.5, 0.6) is 0 Å². The van der Waals surface area contributed by atoms with Crippen molar-refractivity contribution < 1.29 is 4.74 Å². The Morgan fingerprint density at radius 2 is 2.29 bits per heavy atom. The van der Waals surface area contributed by atoms with Gasteiger partial charge in [-0.2, -0.15) is 11.3 Å². The van der Waals surface area contributed by atoms with Gasteiger partial charge in [0.1, 0.15) is 0 Å². The zero-order valence-corrected chi connectivity index (χ0v) is 14.2. The SMILES string of the molecule is CCN(CC)[C@H]1CCO[C@@]2(CCN(Cc3ccsc3)C2)C1. The predicted molar refractivity (Wildman–Crippen MR) is 88.8 cm³/mol. The van der Waals surface area contributed by atoms with Gasteiger partial charge < -0.3 is 9.64 Å². The second-order valence-electron chi connectivity index (χ2n) is 6.49. The lowest BCUT2D eigenvalue weighted by Gasteiger charge is -2.42. The molecule has 3 heterocycles. The van der Waals surface area contributed by atoms with Crippen LogP contribution in [-0.2, 0) is 11.3 Å². The second-order valence-corrected chi connectivity index (χ2v) is 7.27. The molecule has 0 saturated carbocycles. The molecule has 0 radical (unpaired) electrons. The fourth-order valence-electron chi connectivity index (χ4n) is 4.04. The highest BCUT2D eigenvalue weighted by atomic mass is 32.1. The highest BCUT2D eigenvalue weighted by Gasteiger charge is 2.43. The van der Waals surface area contributed by atoms with Crippen LogP contribution in [0.4, 0.5) is 0 Å². The number of ether oxygens (including phenoxy) is 1. The Kier molecular flexibility index (Phi) is 4.99. The Hall–Kier alpha value is -0.420. The quantitative estimate of drug-likeness (QED) is 0.831. The predicted octanol–water partition coefficient (Wildman–Crippen LogP) is 3.21. The molecule has 1 spiro atoms. The Morgan fingerprint density at radius 3 is 3.00 bits per heavy atom. The molecule has 1 aromatic rings. The van der Waals surface area contributed by atoms with Crippen molar-refractivity contribution in [3.8, 4) is 0 Å². The third kappa shape index (κ3) is 3.50. The van der Waals surface area contributed by atoms with Crippen LogP contribution in [0.15, 0.2) is 16.8 Å². The molecule has 2 saturated heterocycles. The Balaban J connectivity index is 1.60. The highest BCUT2D eigenvalue weighted by molar-refractivity contribution is 7.07. The molecular weight excluding hydrogens is 280 g/mol. The lowest BCUT2D eigenvalue weighted by atomic mass is 9.88. The maximum Gasteiger partial charge on any atom is 0.0835 e. The average Bonchev–Trinajstić information content (AvgIpc) is 3.12. The molecule has 21 heavy (non-hydrogen) atoms. The topological polar surface area (TPSA) is 15.7 Å². The van der Waals surface area contributed by atoms with Gasteiger partial charge >= 0.3 is 0 Å². The fourth-order valence-corrected chi connectivity index (χ4v) is 4.70. The summed E-state index contributed by atoms with van der Waals surface area (Å²) >= 11 is 1.80. The summed E-state index contributed by atoms with van der Waals surface area (Å²) in [5.41, 5.74) is 1.58. The molecule has 1 aromatic heterocycles. The summed E-state index contributed by atoms with van der Waals surface area (Å²) in [6.07, 6.45) is 3.62. The molecule has 2 fully saturated rings. The lowest BCUT2D eigenvalue weighted by molar-refractivity contribution is -0.0975. The molecule has 3 rings (SSSR count). The van der Waals surface area contributed by atoms with E-state index in [1.54, 1.807) is 11.3 Å². The largest absolute Gasteiger partial charge is 0.373 e. The smallest absolute Gasteiger partial charge is 0.0835 e. The summed E-state index contributed by atoms with van der Waals surface area (Å²) in [6, 6.07) is 2.96. The summed E-state index contributed by atoms with van der Waals surface area (Å²) in [5.74, 6) is 0. The van der Waals surface area contributed by atoms with Gasteiger partial charge in [-0.25, -0.2) is 0 Å². The van der Waals surface area contributed by atoms with Crippen molar-refractivity contribution in [1.82, 2.24) is 9.80 Å². The number of likely N-dealkylation sites (tertiary alicyclic amines) is 1. The van der Waals surface area contributed by atoms with E-state index < -0.39 is 0 Å². The Bertz CT molecular complexity index is 432. The van der Waals surface area contributed by atoms with E-state index in [4.69, 9.17) is 4.74 Å². The van der Waals surface area contributed by atoms with E-state index >= 15 is 0 Å². The first-order valence-electron chi connectivity index (χ1n) is 8.36. The van der Waals surface area contributed by atoms with Gasteiger partial charge in [-0.05, 0) is 54.7 Å². The summed E-state index contributed by atoms with van der Waals surface area (Å²) in [7, 11) is 0. The van der Waals surface area contributed by atoms with Gasteiger partial charge in [-0.1, -0.05) is 13.8 Å². The van der Waals surface area contributed by atoms with Crippen LogP contribution >= 0.6 is 11.3 Å². The monoisotopic (exact) mass is 308 g/mol. The van der Waals surface area contributed by atoms with Crippen LogP contribution in [0.1, 0.15) is 38.7 Å². The third-order valence-corrected chi connectivity index (χ3v) is 5.91. The Morgan fingerprint density at radius 1 is 1.43 bits per heavy atom. The molecule has 2 aliphatic rings. The van der Waals surface area contributed by atoms with E-state index in [2.05, 4.69) is 40.5 Å². The summed E-state index contributed by atoms with van der Waals surface area (Å²) in [5, 5.41) is 4.44. The first-order valence-corrected chi connectivity index (χ1v) is 9.30. The molecule has 0 aliphatic carbocycles. The maximum atomic E-state index is 6.28. The second kappa shape index (κ2) is 6.78. The van der Waals surface area contributed by atoms with E-state index in [0.29, 0.717) is 0 Å². The van der Waals surface area contributed by atoms with Crippen LogP contribution in [0.2, 0.25) is 0 Å². The molecule has 0 N–H and O–H groups in total. The molecule has 118 valence electrons. The highest BCUT2D eigenvalue weighted by Crippen LogP contribution is 2.36. The fraction of sp³-hybridized carbons (Fsp3) is 0.765. The van der Waals surface area contributed by atoms with Crippen molar-refractivity contribution in [2.75, 3.05) is 32.8 Å². The maximum absolute atomic E-state index is 6.28. The molecule has 0 unspecified atom stereocenters. The van der Waals surface area contributed by atoms with Crippen molar-refractivity contribution in [2.24, 2.45) is 0 Å². The number of hydrogen-bond donors (Lipinski definition) is 0. The van der Waals surface area contributed by atoms with E-state index in [1.165, 1.54) is 31.4 Å². The summed E-state index contributed by atoms with van der Waals surface area (Å²) in [6.45, 7) is 11.2. The molecule has 2 aliphatic heterocycles. The van der Waals surface area contributed by atoms with Crippen LogP contribution in [0, 0.1) is 0 Å². The van der Waals surface area contributed by atoms with Gasteiger partial charge in [-0.15, -0.1) is 0 Å². The number of rotatable bonds is 5. The van der Waals surface area contributed by atoms with Gasteiger partial charge in [0.2, 0.25) is 0 Å². The molecule has 2 atom stereocenters. The van der Waals surface area contributed by atoms with E-state index in [-0.39, 0.29) is 5.60 Å². The van der Waals surface area contributed by atoms with Crippen LogP contribution in [0.25, 0.3) is 0 Å². The van der Waals surface area contributed by atoms with Gasteiger partial charge in [-0.3, -0.25) is 4.90 Å². The lowest BCUT2D eigenvalue weighted by Crippen LogP contribution is -2.50. The van der Waals surface area contributed by atoms with Crippen LogP contribution in [0.3, 0.4) is 0 Å². The zero-order chi connectivity index (χ0) is 14.7. The molecule has 4 heteroatoms. The minimum atomic E-state index is 0.127. The van der Waals surface area contributed by atoms with Crippen molar-refractivity contribution in [3.63, 3.8) is 0 Å². The van der Waals surface area contributed by atoms with Gasteiger partial charge in [0.05, 0.1) is 5.60 Å². The Labute approximate surface area is 132 Å². The van der Waals surface area contributed by atoms with Crippen molar-refractivity contribution in [2.45, 2.75) is 51.3 Å². The van der Waals surface area contributed by atoms with E-state index in [0.717, 1.165) is 38.8 Å². The molecule has 0 aromatic carbocycles. The van der Waals surface area contributed by atoms with Crippen LogP contribution < -0.4 is 0 Å². The van der Waals surface area contributed by atoms with Gasteiger partial charge in [0.25, 0.3) is 0 Å². The van der Waals surface area contributed by atoms with Gasteiger partial charge in [0, 0.05) is 32.3 Å². The average molecular weight is 308 g/mol. The standard InChI is InChI=1S/C17H28N2OS/c1-3-19(4-2)16-5-9-20-17(11-16)7-8-18(14-17)12-15-6-10-21-13-15/h6,10,13,16H,3-5,7-9,11-12,14H2,1-2H3/t16-,17-/m0/s1. The number of hydrogen-bond acceptors (Lipinski definition) is 4. The van der Waals surface area contributed by atoms with E-state index in [9.17, 15) is 0 Å². The first-order chi connectivity index (χ1) is 10.2. The zero-order valence-electron chi connectivity index (χ0n) is 13.4. The molecule has 3 nitrogen and oxygen atoms in total. The van der Waals surface area contributed by atoms with Gasteiger partial charge in [0.15, 0.2) is 0 Å². The third-order valence-electron chi connectivity index (χ3n) is 5.18. The summed E-state index contributed by atoms with van der Waals surface area (Å²) in [4.78, 5) is 5.19. The van der Waals surface area contributed by atoms with E-state index in [1.807, 2.05) is 0 Å². The minimum absolute atomic E-state index is 0.127. The normalized spacial score (nSPS) is 30.5. The first kappa shape index (κ1) is 15.5. The number of nitrogens with zero attached hydrogens (tertiary/aromatic N) is 2. The summed E-state index contributed by atoms with van der Waals surface area (Å²) < 4.78 is 6.28. The van der Waals surface area contributed by atoms with Crippen molar-refractivity contribution >= 4 is 11.3 Å². The van der Waals surface area contributed by atoms with Crippen molar-refractivity contribution in [1.29, 1.82) is 0 Å². The van der Waals surface area contributed by atoms with Crippen molar-refractivity contribution in [3.05, 3.63) is 22.4 Å². The molecule has 0 amide bonds. The molecular formula is C17H28N2OS. The minimum Gasteiger partial charge on any atom is -0.373 e. The molecule has 0 bridgehead atoms.